The van der Waals surface area contributed by atoms with Crippen molar-refractivity contribution in [1.82, 2.24) is 14.7 Å². The maximum absolute atomic E-state index is 12.7. The van der Waals surface area contributed by atoms with Crippen LogP contribution in [0.15, 0.2) is 12.4 Å². The Balaban J connectivity index is 0.00000121. The predicted molar refractivity (Wildman–Crippen MR) is 91.6 cm³/mol. The van der Waals surface area contributed by atoms with Crippen molar-refractivity contribution in [3.8, 4) is 0 Å². The van der Waals surface area contributed by atoms with Crippen molar-refractivity contribution in [2.75, 3.05) is 13.1 Å². The number of nitrogens with two attached hydrogens (primary N) is 1. The van der Waals surface area contributed by atoms with Crippen LogP contribution in [0, 0.1) is 0 Å². The second-order valence-electron chi connectivity index (χ2n) is 6.40. The fraction of sp³-hybridized carbons (Fsp3) is 0.733. The van der Waals surface area contributed by atoms with Crippen LogP contribution >= 0.6 is 24.8 Å². The Morgan fingerprint density at radius 2 is 2.00 bits per heavy atom. The Morgan fingerprint density at radius 1 is 1.32 bits per heavy atom. The number of nitrogens with zero attached hydrogens (tertiary/aromatic N) is 3. The maximum atomic E-state index is 12.7. The van der Waals surface area contributed by atoms with E-state index in [1.54, 1.807) is 0 Å². The molecule has 0 spiro atoms. The van der Waals surface area contributed by atoms with Crippen LogP contribution in [0.5, 0.6) is 0 Å². The van der Waals surface area contributed by atoms with Crippen LogP contribution in [-0.4, -0.2) is 39.2 Å². The first kappa shape index (κ1) is 19.3. The summed E-state index contributed by atoms with van der Waals surface area (Å²) in [5.41, 5.74) is 7.00. The van der Waals surface area contributed by atoms with Crippen molar-refractivity contribution >= 4 is 30.7 Å². The van der Waals surface area contributed by atoms with Gasteiger partial charge in [-0.15, -0.1) is 24.8 Å². The number of rotatable bonds is 2. The number of aryl methyl sites for hydroxylation is 1. The highest BCUT2D eigenvalue weighted by atomic mass is 35.5. The zero-order valence-electron chi connectivity index (χ0n) is 13.0. The molecule has 1 aromatic rings. The smallest absolute Gasteiger partial charge is 0.242 e. The molecule has 1 saturated carbocycles. The van der Waals surface area contributed by atoms with Crippen molar-refractivity contribution in [1.29, 1.82) is 0 Å². The lowest BCUT2D eigenvalue weighted by Crippen LogP contribution is -2.55. The summed E-state index contributed by atoms with van der Waals surface area (Å²) in [5.74, 6) is 0.587. The normalized spacial score (nSPS) is 23.5. The number of carbonyl (C=O) groups excluding carboxylic acids is 1. The van der Waals surface area contributed by atoms with Crippen LogP contribution in [0.25, 0.3) is 0 Å². The molecule has 1 unspecified atom stereocenters. The molecular weight excluding hydrogens is 323 g/mol. The minimum absolute atomic E-state index is 0. The van der Waals surface area contributed by atoms with Crippen LogP contribution in [0.3, 0.4) is 0 Å². The van der Waals surface area contributed by atoms with E-state index in [-0.39, 0.29) is 30.7 Å². The van der Waals surface area contributed by atoms with E-state index in [1.807, 2.05) is 22.8 Å². The highest BCUT2D eigenvalue weighted by Crippen LogP contribution is 2.32. The number of likely N-dealkylation sites (tertiary alicyclic amines) is 1. The van der Waals surface area contributed by atoms with Gasteiger partial charge in [0.2, 0.25) is 5.91 Å². The van der Waals surface area contributed by atoms with Gasteiger partial charge in [0.1, 0.15) is 0 Å². The summed E-state index contributed by atoms with van der Waals surface area (Å²) in [6.45, 7) is 1.63. The van der Waals surface area contributed by atoms with Crippen LogP contribution in [0.4, 0.5) is 0 Å². The zero-order valence-corrected chi connectivity index (χ0v) is 14.7. The molecule has 0 aromatic carbocycles. The number of halogens is 2. The molecule has 1 atom stereocenters. The van der Waals surface area contributed by atoms with Crippen LogP contribution in [0.1, 0.15) is 50.0 Å². The van der Waals surface area contributed by atoms with Gasteiger partial charge in [-0.05, 0) is 24.8 Å². The van der Waals surface area contributed by atoms with Crippen LogP contribution in [-0.2, 0) is 11.8 Å². The van der Waals surface area contributed by atoms with Gasteiger partial charge < -0.3 is 10.6 Å². The fourth-order valence-corrected chi connectivity index (χ4v) is 3.58. The van der Waals surface area contributed by atoms with E-state index in [1.165, 1.54) is 12.0 Å². The summed E-state index contributed by atoms with van der Waals surface area (Å²) < 4.78 is 1.82. The molecule has 1 aromatic heterocycles. The summed E-state index contributed by atoms with van der Waals surface area (Å²) in [5, 5.41) is 4.22. The van der Waals surface area contributed by atoms with Gasteiger partial charge in [-0.25, -0.2) is 0 Å². The first-order valence-electron chi connectivity index (χ1n) is 7.65. The molecule has 0 bridgehead atoms. The Kier molecular flexibility index (Phi) is 6.71. The molecule has 2 aliphatic rings. The molecule has 126 valence electrons. The van der Waals surface area contributed by atoms with Crippen molar-refractivity contribution in [3.05, 3.63) is 18.0 Å². The summed E-state index contributed by atoms with van der Waals surface area (Å²) in [7, 11) is 1.93. The summed E-state index contributed by atoms with van der Waals surface area (Å²) in [4.78, 5) is 14.7. The zero-order chi connectivity index (χ0) is 14.2. The molecule has 2 fully saturated rings. The van der Waals surface area contributed by atoms with Crippen LogP contribution in [0.2, 0.25) is 0 Å². The number of carbonyl (C=O) groups is 1. The molecule has 1 aliphatic carbocycles. The van der Waals surface area contributed by atoms with Gasteiger partial charge in [0.05, 0.1) is 11.7 Å². The van der Waals surface area contributed by atoms with Gasteiger partial charge in [-0.1, -0.05) is 19.3 Å². The first-order valence-corrected chi connectivity index (χ1v) is 7.65. The molecule has 22 heavy (non-hydrogen) atoms. The molecule has 1 aliphatic heterocycles. The first-order chi connectivity index (χ1) is 9.58. The van der Waals surface area contributed by atoms with Gasteiger partial charge in [-0.2, -0.15) is 5.10 Å². The molecule has 2 heterocycles. The Hall–Kier alpha value is -0.780. The third kappa shape index (κ3) is 3.76. The highest BCUT2D eigenvalue weighted by Gasteiger charge is 2.40. The molecule has 7 heteroatoms. The van der Waals surface area contributed by atoms with E-state index in [9.17, 15) is 4.79 Å². The number of aromatic nitrogens is 2. The summed E-state index contributed by atoms with van der Waals surface area (Å²) in [6.07, 6.45) is 10.1. The van der Waals surface area contributed by atoms with Crippen molar-refractivity contribution < 1.29 is 4.79 Å². The molecule has 3 rings (SSSR count). The van der Waals surface area contributed by atoms with E-state index < -0.39 is 5.54 Å². The van der Waals surface area contributed by atoms with Gasteiger partial charge >= 0.3 is 0 Å². The van der Waals surface area contributed by atoms with Gasteiger partial charge in [0.15, 0.2) is 0 Å². The summed E-state index contributed by atoms with van der Waals surface area (Å²) >= 11 is 0. The predicted octanol–water partition coefficient (Wildman–Crippen LogP) is 2.24. The highest BCUT2D eigenvalue weighted by molar-refractivity contribution is 5.86. The standard InChI is InChI=1S/C15H24N4O.2ClH/c1-18-10-13(9-17-18)12-5-8-19(11-12)14(20)15(16)6-3-2-4-7-15;;/h9-10,12H,2-8,11,16H2,1H3;2*1H. The number of hydrogen-bond donors (Lipinski definition) is 1. The average Bonchev–Trinajstić information content (AvgIpc) is 3.07. The Morgan fingerprint density at radius 3 is 2.59 bits per heavy atom. The van der Waals surface area contributed by atoms with Crippen LogP contribution < -0.4 is 5.73 Å². The second-order valence-corrected chi connectivity index (χ2v) is 6.40. The third-order valence-corrected chi connectivity index (χ3v) is 4.84. The minimum Gasteiger partial charge on any atom is -0.340 e. The van der Waals surface area contributed by atoms with E-state index in [0.717, 1.165) is 45.2 Å². The maximum Gasteiger partial charge on any atom is 0.242 e. The Bertz CT molecular complexity index is 499. The number of amides is 1. The van der Waals surface area contributed by atoms with Gasteiger partial charge in [0.25, 0.3) is 0 Å². The summed E-state index contributed by atoms with van der Waals surface area (Å²) in [6, 6.07) is 0. The fourth-order valence-electron chi connectivity index (χ4n) is 3.58. The van der Waals surface area contributed by atoms with Crippen molar-refractivity contribution in [3.63, 3.8) is 0 Å². The van der Waals surface area contributed by atoms with E-state index >= 15 is 0 Å². The van der Waals surface area contributed by atoms with E-state index in [2.05, 4.69) is 11.3 Å². The van der Waals surface area contributed by atoms with Crippen molar-refractivity contribution in [2.24, 2.45) is 12.8 Å². The number of hydrogen-bond acceptors (Lipinski definition) is 3. The monoisotopic (exact) mass is 348 g/mol. The topological polar surface area (TPSA) is 64.2 Å². The molecule has 5 nitrogen and oxygen atoms in total. The van der Waals surface area contributed by atoms with Gasteiger partial charge in [-0.3, -0.25) is 9.48 Å². The Labute approximate surface area is 144 Å². The SMILES string of the molecule is Cl.Cl.Cn1cc(C2CCN(C(=O)C3(N)CCCCC3)C2)cn1. The molecule has 1 saturated heterocycles. The molecule has 1 amide bonds. The largest absolute Gasteiger partial charge is 0.340 e. The molecule has 0 radical (unpaired) electrons. The minimum atomic E-state index is -0.595. The molecule has 2 N–H and O–H groups in total. The lowest BCUT2D eigenvalue weighted by molar-refractivity contribution is -0.137. The van der Waals surface area contributed by atoms with Gasteiger partial charge in [0, 0.05) is 32.3 Å². The van der Waals surface area contributed by atoms with E-state index in [0.29, 0.717) is 5.92 Å². The average molecular weight is 349 g/mol. The lowest BCUT2D eigenvalue weighted by Gasteiger charge is -2.35. The molecular formula is C15H26Cl2N4O. The van der Waals surface area contributed by atoms with Crippen molar-refractivity contribution in [2.45, 2.75) is 50.0 Å². The quantitative estimate of drug-likeness (QED) is 0.891. The second kappa shape index (κ2) is 7.66. The lowest BCUT2D eigenvalue weighted by atomic mass is 9.81. The third-order valence-electron chi connectivity index (χ3n) is 4.84. The van der Waals surface area contributed by atoms with E-state index in [4.69, 9.17) is 5.73 Å².